The molecule has 2 aromatic rings. The van der Waals surface area contributed by atoms with Gasteiger partial charge in [0, 0.05) is 18.6 Å². The minimum absolute atomic E-state index is 0.0430. The van der Waals surface area contributed by atoms with Crippen molar-refractivity contribution in [2.24, 2.45) is 17.3 Å². The number of aliphatic hydroxyl groups is 1. The first-order chi connectivity index (χ1) is 20.6. The summed E-state index contributed by atoms with van der Waals surface area (Å²) >= 11 is 0. The molecule has 0 spiro atoms. The summed E-state index contributed by atoms with van der Waals surface area (Å²) < 4.78 is 25.1. The highest BCUT2D eigenvalue weighted by atomic mass is 16.7. The summed E-state index contributed by atoms with van der Waals surface area (Å²) in [6.07, 6.45) is 12.5. The second-order valence-corrected chi connectivity index (χ2v) is 13.5. The van der Waals surface area contributed by atoms with Gasteiger partial charge in [-0.2, -0.15) is 0 Å². The molecule has 42 heavy (non-hydrogen) atoms. The van der Waals surface area contributed by atoms with Gasteiger partial charge >= 0.3 is 0 Å². The van der Waals surface area contributed by atoms with Crippen LogP contribution in [-0.4, -0.2) is 43.6 Å². The number of benzene rings is 2. The monoisotopic (exact) mass is 570 g/mol. The van der Waals surface area contributed by atoms with E-state index in [9.17, 15) is 0 Å². The zero-order valence-corrected chi connectivity index (χ0v) is 25.1. The van der Waals surface area contributed by atoms with Crippen LogP contribution in [0, 0.1) is 29.1 Å². The number of hydrogen-bond acceptors (Lipinski definition) is 5. The molecule has 4 fully saturated rings. The third-order valence-electron chi connectivity index (χ3n) is 11.1. The average Bonchev–Trinajstić information content (AvgIpc) is 3.36. The van der Waals surface area contributed by atoms with Crippen molar-refractivity contribution in [2.75, 3.05) is 19.8 Å². The molecule has 2 unspecified atom stereocenters. The maximum atomic E-state index is 9.17. The van der Waals surface area contributed by atoms with Gasteiger partial charge in [0.05, 0.1) is 12.7 Å². The lowest BCUT2D eigenvalue weighted by Crippen LogP contribution is -2.48. The van der Waals surface area contributed by atoms with Gasteiger partial charge in [0.25, 0.3) is 0 Å². The van der Waals surface area contributed by atoms with Gasteiger partial charge in [-0.25, -0.2) is 0 Å². The molecular formula is C37H46O5. The number of hydrogen-bond donors (Lipinski definition) is 1. The molecule has 5 nitrogen and oxygen atoms in total. The summed E-state index contributed by atoms with van der Waals surface area (Å²) in [7, 11) is 0. The maximum Gasteiger partial charge on any atom is 0.199 e. The van der Waals surface area contributed by atoms with Crippen molar-refractivity contribution in [1.82, 2.24) is 0 Å². The molecular weight excluding hydrogens is 524 g/mol. The molecule has 1 N–H and O–H groups in total. The van der Waals surface area contributed by atoms with E-state index in [4.69, 9.17) is 24.1 Å². The van der Waals surface area contributed by atoms with Crippen molar-refractivity contribution in [2.45, 2.75) is 108 Å². The van der Waals surface area contributed by atoms with Crippen LogP contribution in [0.3, 0.4) is 0 Å². The fourth-order valence-corrected chi connectivity index (χ4v) is 9.17. The first-order valence-corrected chi connectivity index (χ1v) is 16.5. The average molecular weight is 571 g/mol. The summed E-state index contributed by atoms with van der Waals surface area (Å²) in [6.45, 7) is 4.03. The van der Waals surface area contributed by atoms with Crippen LogP contribution in [-0.2, 0) is 20.6 Å². The molecule has 2 aliphatic heterocycles. The van der Waals surface area contributed by atoms with E-state index in [2.05, 4.69) is 61.2 Å². The Balaban J connectivity index is 1.21. The van der Waals surface area contributed by atoms with Crippen LogP contribution in [0.1, 0.15) is 105 Å². The van der Waals surface area contributed by atoms with E-state index in [1.807, 2.05) is 0 Å². The summed E-state index contributed by atoms with van der Waals surface area (Å²) in [5.74, 6) is 8.98. The van der Waals surface area contributed by atoms with Gasteiger partial charge in [0.2, 0.25) is 0 Å². The smallest absolute Gasteiger partial charge is 0.199 e. The molecule has 0 bridgehead atoms. The van der Waals surface area contributed by atoms with Crippen LogP contribution in [0.4, 0.5) is 0 Å². The van der Waals surface area contributed by atoms with Gasteiger partial charge in [-0.1, -0.05) is 37.0 Å². The normalized spacial score (nSPS) is 35.7. The van der Waals surface area contributed by atoms with Crippen molar-refractivity contribution in [1.29, 1.82) is 0 Å². The molecule has 2 saturated heterocycles. The number of aliphatic hydroxyl groups excluding tert-OH is 1. The quantitative estimate of drug-likeness (QED) is 0.389. The third-order valence-corrected chi connectivity index (χ3v) is 11.1. The Kier molecular flexibility index (Phi) is 8.34. The summed E-state index contributed by atoms with van der Waals surface area (Å²) in [4.78, 5) is 0. The van der Waals surface area contributed by atoms with Crippen molar-refractivity contribution >= 4 is 0 Å². The highest BCUT2D eigenvalue weighted by molar-refractivity contribution is 5.45. The standard InChI is InChI=1S/C37H46O5/c1-37-24-31(26-12-10-25(11-13-26)7-6-20-38)36-29-17-15-28(41-34-8-2-4-21-39-34)23-27(29)14-16-30(36)32(37)18-19-33(37)42-35-9-3-5-22-40-35/h10-13,15,17,23,30-36,38H,2-5,8-9,14,16,18-22,24H2,1H3/t30-,31+,32-,33-,34?,35?,36+,37-/m0/s1. The van der Waals surface area contributed by atoms with Gasteiger partial charge in [-0.15, -0.1) is 0 Å². The molecule has 0 amide bonds. The van der Waals surface area contributed by atoms with E-state index >= 15 is 0 Å². The van der Waals surface area contributed by atoms with Gasteiger partial charge in [-0.05, 0) is 134 Å². The molecule has 2 aromatic carbocycles. The van der Waals surface area contributed by atoms with Crippen molar-refractivity contribution in [3.63, 3.8) is 0 Å². The van der Waals surface area contributed by atoms with Crippen LogP contribution in [0.25, 0.3) is 0 Å². The molecule has 8 atom stereocenters. The minimum Gasteiger partial charge on any atom is -0.465 e. The Bertz CT molecular complexity index is 1280. The lowest BCUT2D eigenvalue weighted by atomic mass is 9.51. The van der Waals surface area contributed by atoms with Crippen LogP contribution in [0.15, 0.2) is 42.5 Å². The molecule has 5 heteroatoms. The summed E-state index contributed by atoms with van der Waals surface area (Å²) in [5, 5.41) is 9.17. The van der Waals surface area contributed by atoms with Crippen molar-refractivity contribution in [3.8, 4) is 17.6 Å². The van der Waals surface area contributed by atoms with Crippen molar-refractivity contribution in [3.05, 3.63) is 64.7 Å². The minimum atomic E-state index is -0.118. The SMILES string of the molecule is C[C@]12C[C@H](c3ccc(C#CCO)cc3)[C@@H]3c4ccc(OC5CCCCO5)cc4CC[C@H]3[C@@H]1CC[C@@H]2OC1CCCCO1. The van der Waals surface area contributed by atoms with Gasteiger partial charge in [0.15, 0.2) is 12.6 Å². The van der Waals surface area contributed by atoms with Crippen LogP contribution >= 0.6 is 0 Å². The van der Waals surface area contributed by atoms with Gasteiger partial charge in [0.1, 0.15) is 12.4 Å². The summed E-state index contributed by atoms with van der Waals surface area (Å²) in [5.41, 5.74) is 5.43. The lowest BCUT2D eigenvalue weighted by Gasteiger charge is -2.54. The zero-order chi connectivity index (χ0) is 28.5. The fraction of sp³-hybridized carbons (Fsp3) is 0.622. The van der Waals surface area contributed by atoms with Crippen LogP contribution in [0.2, 0.25) is 0 Å². The summed E-state index contributed by atoms with van der Waals surface area (Å²) in [6, 6.07) is 15.7. The molecule has 3 aliphatic carbocycles. The fourth-order valence-electron chi connectivity index (χ4n) is 9.17. The zero-order valence-electron chi connectivity index (χ0n) is 25.1. The first kappa shape index (κ1) is 28.4. The Morgan fingerprint density at radius 2 is 1.69 bits per heavy atom. The van der Waals surface area contributed by atoms with E-state index in [1.165, 1.54) is 42.4 Å². The highest BCUT2D eigenvalue weighted by Crippen LogP contribution is 2.65. The second-order valence-electron chi connectivity index (χ2n) is 13.5. The predicted molar refractivity (Wildman–Crippen MR) is 162 cm³/mol. The lowest BCUT2D eigenvalue weighted by molar-refractivity contribution is -0.213. The molecule has 5 aliphatic rings. The number of aryl methyl sites for hydroxylation is 1. The Morgan fingerprint density at radius 3 is 2.43 bits per heavy atom. The Labute approximate surface area is 251 Å². The molecule has 2 saturated carbocycles. The highest BCUT2D eigenvalue weighted by Gasteiger charge is 2.59. The maximum absolute atomic E-state index is 9.17. The van der Waals surface area contributed by atoms with Crippen LogP contribution < -0.4 is 4.74 Å². The molecule has 0 aromatic heterocycles. The van der Waals surface area contributed by atoms with E-state index in [-0.39, 0.29) is 30.7 Å². The first-order valence-electron chi connectivity index (χ1n) is 16.5. The molecule has 224 valence electrons. The number of fused-ring (bicyclic) bond motifs is 5. The second kappa shape index (κ2) is 12.3. The van der Waals surface area contributed by atoms with Crippen molar-refractivity contribution < 1.29 is 24.1 Å². The van der Waals surface area contributed by atoms with Gasteiger partial charge in [-0.3, -0.25) is 0 Å². The van der Waals surface area contributed by atoms with E-state index in [1.54, 1.807) is 0 Å². The molecule has 0 radical (unpaired) electrons. The molecule has 7 rings (SSSR count). The third kappa shape index (κ3) is 5.52. The Hall–Kier alpha value is -2.36. The largest absolute Gasteiger partial charge is 0.465 e. The number of ether oxygens (including phenoxy) is 4. The molecule has 2 heterocycles. The van der Waals surface area contributed by atoms with E-state index in [0.29, 0.717) is 23.7 Å². The Morgan fingerprint density at radius 1 is 0.905 bits per heavy atom. The number of rotatable bonds is 5. The van der Waals surface area contributed by atoms with E-state index in [0.717, 1.165) is 69.5 Å². The van der Waals surface area contributed by atoms with E-state index < -0.39 is 0 Å². The topological polar surface area (TPSA) is 57.2 Å². The van der Waals surface area contributed by atoms with Gasteiger partial charge < -0.3 is 24.1 Å². The van der Waals surface area contributed by atoms with Crippen LogP contribution in [0.5, 0.6) is 5.75 Å². The predicted octanol–water partition coefficient (Wildman–Crippen LogP) is 7.10.